The van der Waals surface area contributed by atoms with Crippen molar-refractivity contribution < 1.29 is 17.0 Å². The Morgan fingerprint density at radius 3 is 2.38 bits per heavy atom. The van der Waals surface area contributed by atoms with E-state index in [0.717, 1.165) is 23.7 Å². The van der Waals surface area contributed by atoms with Gasteiger partial charge in [-0.05, 0) is 25.0 Å². The Hall–Kier alpha value is -1.12. The van der Waals surface area contributed by atoms with Gasteiger partial charge in [0.05, 0.1) is 10.7 Å². The van der Waals surface area contributed by atoms with Crippen LogP contribution < -0.4 is 17.0 Å². The monoisotopic (exact) mass is 368 g/mol. The molecule has 0 aliphatic carbocycles. The van der Waals surface area contributed by atoms with Crippen LogP contribution in [0.25, 0.3) is 0 Å². The summed E-state index contributed by atoms with van der Waals surface area (Å²) < 4.78 is 2.30. The van der Waals surface area contributed by atoms with Crippen LogP contribution in [0.3, 0.4) is 0 Å². The molecule has 0 radical (unpaired) electrons. The largest absolute Gasteiger partial charge is 1.00 e. The Balaban J connectivity index is 0.000000425. The summed E-state index contributed by atoms with van der Waals surface area (Å²) in [6, 6.07) is 10.1. The molecule has 2 aromatic heterocycles. The summed E-state index contributed by atoms with van der Waals surface area (Å²) in [6.45, 7) is 7.72. The molecule has 0 bridgehead atoms. The van der Waals surface area contributed by atoms with Gasteiger partial charge in [-0.15, -0.1) is 0 Å². The van der Waals surface area contributed by atoms with Crippen LogP contribution in [0.2, 0.25) is 5.02 Å². The van der Waals surface area contributed by atoms with Gasteiger partial charge in [-0.3, -0.25) is 4.98 Å². The Morgan fingerprint density at radius 1 is 1.00 bits per heavy atom. The molecule has 2 heterocycles. The highest BCUT2D eigenvalue weighted by Crippen LogP contribution is 2.14. The number of halogens is 2. The maximum atomic E-state index is 5.94. The second kappa shape index (κ2) is 14.2. The van der Waals surface area contributed by atoms with Crippen molar-refractivity contribution in [1.29, 1.82) is 0 Å². The van der Waals surface area contributed by atoms with Crippen LogP contribution in [0.1, 0.15) is 57.3 Å². The summed E-state index contributed by atoms with van der Waals surface area (Å²) in [5, 5.41) is 0.800. The van der Waals surface area contributed by atoms with Gasteiger partial charge in [0.25, 0.3) is 0 Å². The van der Waals surface area contributed by atoms with Gasteiger partial charge < -0.3 is 12.4 Å². The SMILES string of the molecule is CCCCCc1ncccc1Cl.CCCC[n+]1ccccc1C.[Cl-]. The molecule has 0 fully saturated rings. The van der Waals surface area contributed by atoms with Crippen LogP contribution in [0.5, 0.6) is 0 Å². The van der Waals surface area contributed by atoms with Gasteiger partial charge in [0, 0.05) is 31.7 Å². The van der Waals surface area contributed by atoms with E-state index in [1.807, 2.05) is 12.1 Å². The molecule has 134 valence electrons. The maximum absolute atomic E-state index is 5.94. The average Bonchev–Trinajstić information content (AvgIpc) is 2.57. The minimum atomic E-state index is 0. The number of hydrogen-bond donors (Lipinski definition) is 0. The quantitative estimate of drug-likeness (QED) is 0.542. The Labute approximate surface area is 158 Å². The summed E-state index contributed by atoms with van der Waals surface area (Å²) in [6.07, 6.45) is 11.2. The summed E-state index contributed by atoms with van der Waals surface area (Å²) in [4.78, 5) is 4.22. The molecule has 0 aliphatic rings. The highest BCUT2D eigenvalue weighted by atomic mass is 35.5. The van der Waals surface area contributed by atoms with E-state index < -0.39 is 0 Å². The standard InChI is InChI=1S/C10H14ClN.C10H16N.ClH/c1-2-3-4-7-10-9(11)6-5-8-12-10;1-3-4-8-11-9-6-5-7-10(11)2;/h5-6,8H,2-4,7H2,1H3;5-7,9H,3-4,8H2,1-2H3;1H/q;+1;/p-1. The zero-order valence-corrected chi connectivity index (χ0v) is 16.7. The molecule has 24 heavy (non-hydrogen) atoms. The van der Waals surface area contributed by atoms with E-state index in [2.05, 4.69) is 54.7 Å². The fourth-order valence-corrected chi connectivity index (χ4v) is 2.50. The Morgan fingerprint density at radius 2 is 1.75 bits per heavy atom. The van der Waals surface area contributed by atoms with Gasteiger partial charge in [-0.2, -0.15) is 0 Å². The van der Waals surface area contributed by atoms with E-state index in [4.69, 9.17) is 11.6 Å². The van der Waals surface area contributed by atoms with Crippen molar-refractivity contribution >= 4 is 11.6 Å². The zero-order valence-electron chi connectivity index (χ0n) is 15.1. The first kappa shape index (κ1) is 22.9. The van der Waals surface area contributed by atoms with E-state index in [1.165, 1.54) is 37.8 Å². The third-order valence-corrected chi connectivity index (χ3v) is 4.12. The molecular weight excluding hydrogens is 339 g/mol. The third kappa shape index (κ3) is 9.24. The second-order valence-electron chi connectivity index (χ2n) is 5.78. The van der Waals surface area contributed by atoms with Crippen molar-refractivity contribution in [3.05, 3.63) is 59.1 Å². The molecular formula is C20H30Cl2N2. The lowest BCUT2D eigenvalue weighted by molar-refractivity contribution is -0.703. The van der Waals surface area contributed by atoms with Crippen LogP contribution in [0.4, 0.5) is 0 Å². The molecule has 2 aromatic rings. The summed E-state index contributed by atoms with van der Waals surface area (Å²) in [7, 11) is 0. The minimum Gasteiger partial charge on any atom is -1.00 e. The van der Waals surface area contributed by atoms with E-state index in [9.17, 15) is 0 Å². The first-order chi connectivity index (χ1) is 11.2. The van der Waals surface area contributed by atoms with Gasteiger partial charge in [0.1, 0.15) is 6.54 Å². The maximum Gasteiger partial charge on any atom is 0.178 e. The van der Waals surface area contributed by atoms with Crippen LogP contribution in [0, 0.1) is 6.92 Å². The Kier molecular flexibility index (Phi) is 13.6. The summed E-state index contributed by atoms with van der Waals surface area (Å²) >= 11 is 5.94. The molecule has 4 heteroatoms. The molecule has 2 nitrogen and oxygen atoms in total. The van der Waals surface area contributed by atoms with Crippen LogP contribution in [-0.4, -0.2) is 4.98 Å². The highest BCUT2D eigenvalue weighted by Gasteiger charge is 2.01. The Bertz CT molecular complexity index is 559. The van der Waals surface area contributed by atoms with Crippen molar-refractivity contribution in [2.75, 3.05) is 0 Å². The molecule has 0 atom stereocenters. The second-order valence-corrected chi connectivity index (χ2v) is 6.19. The number of rotatable bonds is 7. The highest BCUT2D eigenvalue weighted by molar-refractivity contribution is 6.31. The fourth-order valence-electron chi connectivity index (χ4n) is 2.29. The fraction of sp³-hybridized carbons (Fsp3) is 0.500. The summed E-state index contributed by atoms with van der Waals surface area (Å²) in [5.74, 6) is 0. The number of hydrogen-bond acceptors (Lipinski definition) is 1. The van der Waals surface area contributed by atoms with Gasteiger partial charge in [0.15, 0.2) is 11.9 Å². The predicted molar refractivity (Wildman–Crippen MR) is 98.8 cm³/mol. The van der Waals surface area contributed by atoms with Crippen molar-refractivity contribution in [3.8, 4) is 0 Å². The van der Waals surface area contributed by atoms with E-state index in [1.54, 1.807) is 6.20 Å². The van der Waals surface area contributed by atoms with Gasteiger partial charge in [0.2, 0.25) is 0 Å². The lowest BCUT2D eigenvalue weighted by Gasteiger charge is -2.00. The topological polar surface area (TPSA) is 16.8 Å². The number of nitrogens with zero attached hydrogens (tertiary/aromatic N) is 2. The molecule has 0 aliphatic heterocycles. The third-order valence-electron chi connectivity index (χ3n) is 3.77. The first-order valence-corrected chi connectivity index (χ1v) is 9.11. The molecule has 0 N–H and O–H groups in total. The van der Waals surface area contributed by atoms with Crippen LogP contribution >= 0.6 is 11.6 Å². The van der Waals surface area contributed by atoms with E-state index in [0.29, 0.717) is 0 Å². The molecule has 0 saturated carbocycles. The normalized spacial score (nSPS) is 9.67. The van der Waals surface area contributed by atoms with Crippen LogP contribution in [-0.2, 0) is 13.0 Å². The van der Waals surface area contributed by atoms with Crippen molar-refractivity contribution in [1.82, 2.24) is 4.98 Å². The van der Waals surface area contributed by atoms with Crippen molar-refractivity contribution in [2.24, 2.45) is 0 Å². The number of pyridine rings is 2. The van der Waals surface area contributed by atoms with E-state index >= 15 is 0 Å². The van der Waals surface area contributed by atoms with Crippen molar-refractivity contribution in [3.63, 3.8) is 0 Å². The molecule has 2 rings (SSSR count). The molecule has 0 aromatic carbocycles. The molecule has 0 saturated heterocycles. The molecule has 0 amide bonds. The molecule has 0 unspecified atom stereocenters. The first-order valence-electron chi connectivity index (χ1n) is 8.73. The van der Waals surface area contributed by atoms with Gasteiger partial charge in [-0.25, -0.2) is 4.57 Å². The van der Waals surface area contributed by atoms with E-state index in [-0.39, 0.29) is 12.4 Å². The lowest BCUT2D eigenvalue weighted by Crippen LogP contribution is -3.00. The van der Waals surface area contributed by atoms with Crippen molar-refractivity contribution in [2.45, 2.75) is 65.8 Å². The van der Waals surface area contributed by atoms with Gasteiger partial charge >= 0.3 is 0 Å². The zero-order chi connectivity index (χ0) is 16.9. The number of aryl methyl sites for hydroxylation is 3. The van der Waals surface area contributed by atoms with Crippen LogP contribution in [0.15, 0.2) is 42.7 Å². The smallest absolute Gasteiger partial charge is 0.178 e. The number of unbranched alkanes of at least 4 members (excludes halogenated alkanes) is 3. The van der Waals surface area contributed by atoms with Gasteiger partial charge in [-0.1, -0.05) is 50.8 Å². The molecule has 0 spiro atoms. The number of aromatic nitrogens is 2. The predicted octanol–water partition coefficient (Wildman–Crippen LogP) is 2.55. The summed E-state index contributed by atoms with van der Waals surface area (Å²) in [5.41, 5.74) is 2.38. The average molecular weight is 369 g/mol. The lowest BCUT2D eigenvalue weighted by atomic mass is 10.1. The minimum absolute atomic E-state index is 0.